The standard InChI is InChI=1S/C30H27NO6/c1-18(2)17-36-23-14-10-21(11-15-23)31-27(19-8-12-22(35-3)13-9-19)26(29(33)30(31)34)28(32)25-16-20-6-4-5-7-24(20)37-25/h4-16,18,27,33H,17H2,1-3H3. The molecule has 0 aliphatic carbocycles. The van der Waals surface area contributed by atoms with Crippen LogP contribution in [0.15, 0.2) is 94.6 Å². The summed E-state index contributed by atoms with van der Waals surface area (Å²) in [6.45, 7) is 4.69. The van der Waals surface area contributed by atoms with Crippen LogP contribution in [0.1, 0.15) is 36.0 Å². The molecule has 7 nitrogen and oxygen atoms in total. The van der Waals surface area contributed by atoms with Crippen LogP contribution in [-0.4, -0.2) is 30.5 Å². The number of fused-ring (bicyclic) bond motifs is 1. The lowest BCUT2D eigenvalue weighted by atomic mass is 9.94. The van der Waals surface area contributed by atoms with E-state index in [-0.39, 0.29) is 11.3 Å². The molecular weight excluding hydrogens is 470 g/mol. The van der Waals surface area contributed by atoms with Crippen LogP contribution in [0.5, 0.6) is 11.5 Å². The van der Waals surface area contributed by atoms with Crippen molar-refractivity contribution in [1.82, 2.24) is 0 Å². The fourth-order valence-corrected chi connectivity index (χ4v) is 4.40. The molecule has 0 fully saturated rings. The third kappa shape index (κ3) is 4.56. The zero-order chi connectivity index (χ0) is 26.1. The second-order valence-corrected chi connectivity index (χ2v) is 9.29. The number of nitrogens with zero attached hydrogens (tertiary/aromatic N) is 1. The molecule has 2 heterocycles. The van der Waals surface area contributed by atoms with Gasteiger partial charge in [0.2, 0.25) is 5.78 Å². The Morgan fingerprint density at radius 3 is 2.32 bits per heavy atom. The van der Waals surface area contributed by atoms with Crippen molar-refractivity contribution in [2.24, 2.45) is 5.92 Å². The summed E-state index contributed by atoms with van der Waals surface area (Å²) in [5, 5.41) is 11.8. The number of furan rings is 1. The first-order chi connectivity index (χ1) is 17.9. The van der Waals surface area contributed by atoms with E-state index in [1.165, 1.54) is 4.90 Å². The van der Waals surface area contributed by atoms with E-state index < -0.39 is 23.5 Å². The number of rotatable bonds is 8. The van der Waals surface area contributed by atoms with Crippen molar-refractivity contribution < 1.29 is 28.6 Å². The summed E-state index contributed by atoms with van der Waals surface area (Å²) in [5.74, 6) is -0.115. The maximum Gasteiger partial charge on any atom is 0.294 e. The number of ketones is 1. The van der Waals surface area contributed by atoms with Gasteiger partial charge in [0.1, 0.15) is 17.1 Å². The summed E-state index contributed by atoms with van der Waals surface area (Å²) < 4.78 is 16.8. The predicted octanol–water partition coefficient (Wildman–Crippen LogP) is 6.26. The Morgan fingerprint density at radius 2 is 1.68 bits per heavy atom. The highest BCUT2D eigenvalue weighted by Crippen LogP contribution is 2.43. The predicted molar refractivity (Wildman–Crippen MR) is 140 cm³/mol. The van der Waals surface area contributed by atoms with Gasteiger partial charge in [-0.1, -0.05) is 44.2 Å². The maximum atomic E-state index is 13.7. The number of ether oxygens (including phenoxy) is 2. The van der Waals surface area contributed by atoms with E-state index >= 15 is 0 Å². The molecule has 0 radical (unpaired) electrons. The molecular formula is C30H27NO6. The van der Waals surface area contributed by atoms with E-state index in [2.05, 4.69) is 13.8 Å². The van der Waals surface area contributed by atoms with Gasteiger partial charge in [-0.05, 0) is 60.0 Å². The largest absolute Gasteiger partial charge is 0.503 e. The number of aliphatic hydroxyl groups is 1. The second-order valence-electron chi connectivity index (χ2n) is 9.29. The number of carbonyl (C=O) groups is 2. The van der Waals surface area contributed by atoms with Gasteiger partial charge in [-0.25, -0.2) is 0 Å². The number of benzene rings is 3. The first-order valence-corrected chi connectivity index (χ1v) is 12.0. The summed E-state index contributed by atoms with van der Waals surface area (Å²) in [6, 6.07) is 22.1. The highest BCUT2D eigenvalue weighted by atomic mass is 16.5. The molecule has 1 aliphatic rings. The zero-order valence-electron chi connectivity index (χ0n) is 20.8. The van der Waals surface area contributed by atoms with Crippen molar-refractivity contribution >= 4 is 28.3 Å². The highest BCUT2D eigenvalue weighted by Gasteiger charge is 2.45. The molecule has 0 saturated carbocycles. The number of methoxy groups -OCH3 is 1. The van der Waals surface area contributed by atoms with E-state index in [9.17, 15) is 14.7 Å². The number of hydrogen-bond acceptors (Lipinski definition) is 6. The Morgan fingerprint density at radius 1 is 1.00 bits per heavy atom. The monoisotopic (exact) mass is 497 g/mol. The quantitative estimate of drug-likeness (QED) is 0.289. The van der Waals surface area contributed by atoms with E-state index in [0.717, 1.165) is 5.39 Å². The molecule has 0 bridgehead atoms. The lowest BCUT2D eigenvalue weighted by Crippen LogP contribution is -2.31. The van der Waals surface area contributed by atoms with Gasteiger partial charge in [-0.2, -0.15) is 0 Å². The van der Waals surface area contributed by atoms with Crippen molar-refractivity contribution in [1.29, 1.82) is 0 Å². The molecule has 7 heteroatoms. The van der Waals surface area contributed by atoms with Crippen LogP contribution in [0.25, 0.3) is 11.0 Å². The molecule has 37 heavy (non-hydrogen) atoms. The van der Waals surface area contributed by atoms with Crippen molar-refractivity contribution in [2.45, 2.75) is 19.9 Å². The number of aliphatic hydroxyl groups excluding tert-OH is 1. The molecule has 0 saturated heterocycles. The first-order valence-electron chi connectivity index (χ1n) is 12.0. The minimum Gasteiger partial charge on any atom is -0.503 e. The molecule has 0 spiro atoms. The van der Waals surface area contributed by atoms with Crippen LogP contribution in [0.3, 0.4) is 0 Å². The minimum absolute atomic E-state index is 0.0469. The number of carbonyl (C=O) groups excluding carboxylic acids is 2. The number of amides is 1. The van der Waals surface area contributed by atoms with Gasteiger partial charge in [0, 0.05) is 11.1 Å². The molecule has 1 N–H and O–H groups in total. The molecule has 1 atom stereocenters. The molecule has 5 rings (SSSR count). The molecule has 1 unspecified atom stereocenters. The van der Waals surface area contributed by atoms with Crippen LogP contribution in [0, 0.1) is 5.92 Å². The molecule has 188 valence electrons. The Labute approximate surface area is 214 Å². The summed E-state index contributed by atoms with van der Waals surface area (Å²) in [4.78, 5) is 28.6. The van der Waals surface area contributed by atoms with Crippen molar-refractivity contribution in [3.63, 3.8) is 0 Å². The molecule has 1 aromatic heterocycles. The summed E-state index contributed by atoms with van der Waals surface area (Å²) in [5.41, 5.74) is 1.65. The molecule has 3 aromatic carbocycles. The Bertz CT molecular complexity index is 1450. The average molecular weight is 498 g/mol. The van der Waals surface area contributed by atoms with Gasteiger partial charge in [0.15, 0.2) is 11.5 Å². The maximum absolute atomic E-state index is 13.7. The molecule has 1 aliphatic heterocycles. The highest BCUT2D eigenvalue weighted by molar-refractivity contribution is 6.20. The van der Waals surface area contributed by atoms with Crippen molar-refractivity contribution in [3.05, 3.63) is 102 Å². The van der Waals surface area contributed by atoms with E-state index in [1.54, 1.807) is 67.8 Å². The SMILES string of the molecule is COc1ccc(C2C(C(=O)c3cc4ccccc4o3)=C(O)C(=O)N2c2ccc(OCC(C)C)cc2)cc1. The molecule has 4 aromatic rings. The first kappa shape index (κ1) is 24.2. The third-order valence-electron chi connectivity index (χ3n) is 6.23. The van der Waals surface area contributed by atoms with Crippen LogP contribution in [-0.2, 0) is 4.79 Å². The topological polar surface area (TPSA) is 89.2 Å². The number of Topliss-reactive ketones (excluding diaryl/α,β-unsaturated/α-hetero) is 1. The summed E-state index contributed by atoms with van der Waals surface area (Å²) >= 11 is 0. The third-order valence-corrected chi connectivity index (χ3v) is 6.23. The smallest absolute Gasteiger partial charge is 0.294 e. The second kappa shape index (κ2) is 9.85. The van der Waals surface area contributed by atoms with Crippen molar-refractivity contribution in [3.8, 4) is 11.5 Å². The summed E-state index contributed by atoms with van der Waals surface area (Å²) in [6.07, 6.45) is 0. The average Bonchev–Trinajstić information content (AvgIpc) is 3.46. The summed E-state index contributed by atoms with van der Waals surface area (Å²) in [7, 11) is 1.56. The zero-order valence-corrected chi connectivity index (χ0v) is 20.8. The fraction of sp³-hybridized carbons (Fsp3) is 0.200. The van der Waals surface area contributed by atoms with Gasteiger partial charge in [0.05, 0.1) is 25.3 Å². The number of anilines is 1. The number of para-hydroxylation sites is 1. The fourth-order valence-electron chi connectivity index (χ4n) is 4.40. The van der Waals surface area contributed by atoms with E-state index in [4.69, 9.17) is 13.9 Å². The van der Waals surface area contributed by atoms with Crippen LogP contribution < -0.4 is 14.4 Å². The number of hydrogen-bond donors (Lipinski definition) is 1. The van der Waals surface area contributed by atoms with Gasteiger partial charge in [0.25, 0.3) is 5.91 Å². The van der Waals surface area contributed by atoms with Gasteiger partial charge in [-0.15, -0.1) is 0 Å². The lowest BCUT2D eigenvalue weighted by molar-refractivity contribution is -0.117. The van der Waals surface area contributed by atoms with E-state index in [1.807, 2.05) is 18.2 Å². The Hall–Kier alpha value is -4.52. The van der Waals surface area contributed by atoms with E-state index in [0.29, 0.717) is 40.9 Å². The Balaban J connectivity index is 1.57. The van der Waals surface area contributed by atoms with Crippen LogP contribution in [0.4, 0.5) is 5.69 Å². The van der Waals surface area contributed by atoms with Crippen LogP contribution in [0.2, 0.25) is 0 Å². The molecule has 1 amide bonds. The van der Waals surface area contributed by atoms with Gasteiger partial charge < -0.3 is 19.0 Å². The van der Waals surface area contributed by atoms with Crippen molar-refractivity contribution in [2.75, 3.05) is 18.6 Å². The Kier molecular flexibility index (Phi) is 6.44. The normalized spacial score (nSPS) is 15.6. The van der Waals surface area contributed by atoms with Crippen LogP contribution >= 0.6 is 0 Å². The lowest BCUT2D eigenvalue weighted by Gasteiger charge is -2.27. The van der Waals surface area contributed by atoms with Gasteiger partial charge >= 0.3 is 0 Å². The van der Waals surface area contributed by atoms with Gasteiger partial charge in [-0.3, -0.25) is 14.5 Å². The minimum atomic E-state index is -0.874.